The number of nitrogens with zero attached hydrogens (tertiary/aromatic N) is 4. The molecule has 1 atom stereocenters. The number of nitriles is 1. The van der Waals surface area contributed by atoms with E-state index in [9.17, 15) is 4.79 Å². The Labute approximate surface area is 149 Å². The van der Waals surface area contributed by atoms with E-state index in [1.165, 1.54) is 6.42 Å². The average molecular weight is 342 g/mol. The summed E-state index contributed by atoms with van der Waals surface area (Å²) < 4.78 is 5.39. The highest BCUT2D eigenvalue weighted by atomic mass is 16.5. The van der Waals surface area contributed by atoms with Crippen molar-refractivity contribution in [1.82, 2.24) is 9.88 Å². The highest BCUT2D eigenvalue weighted by Gasteiger charge is 2.24. The SMILES string of the molecule is N#Cc1ccc(N2CCCC(CCN(C=O)C3CCOCC3)C2)nc1. The number of amides is 1. The predicted octanol–water partition coefficient (Wildman–Crippen LogP) is 2.20. The monoisotopic (exact) mass is 342 g/mol. The minimum atomic E-state index is 0.339. The number of pyridine rings is 1. The van der Waals surface area contributed by atoms with Gasteiger partial charge >= 0.3 is 0 Å². The van der Waals surface area contributed by atoms with Crippen LogP contribution < -0.4 is 4.90 Å². The molecule has 0 spiro atoms. The maximum absolute atomic E-state index is 11.5. The number of carbonyl (C=O) groups excluding carboxylic acids is 1. The molecule has 0 aromatic carbocycles. The largest absolute Gasteiger partial charge is 0.381 e. The zero-order valence-electron chi connectivity index (χ0n) is 14.6. The first kappa shape index (κ1) is 17.7. The molecule has 1 aromatic rings. The summed E-state index contributed by atoms with van der Waals surface area (Å²) in [4.78, 5) is 20.2. The van der Waals surface area contributed by atoms with Crippen molar-refractivity contribution < 1.29 is 9.53 Å². The van der Waals surface area contributed by atoms with Crippen LogP contribution in [0, 0.1) is 17.2 Å². The van der Waals surface area contributed by atoms with Crippen LogP contribution in [0.25, 0.3) is 0 Å². The molecular weight excluding hydrogens is 316 g/mol. The lowest BCUT2D eigenvalue weighted by atomic mass is 9.94. The van der Waals surface area contributed by atoms with Crippen LogP contribution in [0.3, 0.4) is 0 Å². The number of hydrogen-bond donors (Lipinski definition) is 0. The molecule has 1 aromatic heterocycles. The fraction of sp³-hybridized carbons (Fsp3) is 0.632. The molecule has 0 bridgehead atoms. The van der Waals surface area contributed by atoms with E-state index >= 15 is 0 Å². The van der Waals surface area contributed by atoms with E-state index in [2.05, 4.69) is 16.0 Å². The molecule has 3 heterocycles. The fourth-order valence-electron chi connectivity index (χ4n) is 3.82. The zero-order valence-corrected chi connectivity index (χ0v) is 14.6. The molecule has 0 saturated carbocycles. The number of carbonyl (C=O) groups is 1. The van der Waals surface area contributed by atoms with Crippen molar-refractivity contribution >= 4 is 12.2 Å². The normalized spacial score (nSPS) is 21.6. The first-order valence-corrected chi connectivity index (χ1v) is 9.20. The minimum Gasteiger partial charge on any atom is -0.381 e. The lowest BCUT2D eigenvalue weighted by Crippen LogP contribution is -2.41. The van der Waals surface area contributed by atoms with Gasteiger partial charge in [0, 0.05) is 45.1 Å². The fourth-order valence-corrected chi connectivity index (χ4v) is 3.82. The Kier molecular flexibility index (Phi) is 6.24. The van der Waals surface area contributed by atoms with Gasteiger partial charge in [-0.2, -0.15) is 5.26 Å². The number of hydrogen-bond acceptors (Lipinski definition) is 5. The summed E-state index contributed by atoms with van der Waals surface area (Å²) in [6.45, 7) is 4.33. The molecule has 0 radical (unpaired) electrons. The number of anilines is 1. The molecule has 2 saturated heterocycles. The van der Waals surface area contributed by atoms with E-state index in [-0.39, 0.29) is 0 Å². The molecule has 1 amide bonds. The summed E-state index contributed by atoms with van der Waals surface area (Å²) in [5.41, 5.74) is 0.593. The first-order chi connectivity index (χ1) is 12.3. The molecule has 25 heavy (non-hydrogen) atoms. The van der Waals surface area contributed by atoms with Crippen LogP contribution in [-0.4, -0.2) is 55.2 Å². The van der Waals surface area contributed by atoms with E-state index in [4.69, 9.17) is 10.00 Å². The van der Waals surface area contributed by atoms with Gasteiger partial charge in [0.05, 0.1) is 5.56 Å². The van der Waals surface area contributed by atoms with Crippen LogP contribution in [0.15, 0.2) is 18.3 Å². The Bertz CT molecular complexity index is 592. The maximum Gasteiger partial charge on any atom is 0.209 e. The Morgan fingerprint density at radius 3 is 2.88 bits per heavy atom. The average Bonchev–Trinajstić information content (AvgIpc) is 2.69. The minimum absolute atomic E-state index is 0.339. The van der Waals surface area contributed by atoms with Crippen LogP contribution >= 0.6 is 0 Å². The van der Waals surface area contributed by atoms with Gasteiger partial charge in [0.1, 0.15) is 11.9 Å². The van der Waals surface area contributed by atoms with Crippen molar-refractivity contribution in [3.05, 3.63) is 23.9 Å². The third-order valence-corrected chi connectivity index (χ3v) is 5.31. The second-order valence-corrected chi connectivity index (χ2v) is 6.95. The Hall–Kier alpha value is -2.13. The number of rotatable bonds is 6. The van der Waals surface area contributed by atoms with Gasteiger partial charge in [0.25, 0.3) is 0 Å². The van der Waals surface area contributed by atoms with Crippen LogP contribution in [0.2, 0.25) is 0 Å². The van der Waals surface area contributed by atoms with Gasteiger partial charge in [-0.25, -0.2) is 4.98 Å². The summed E-state index contributed by atoms with van der Waals surface area (Å²) in [5.74, 6) is 1.52. The van der Waals surface area contributed by atoms with Crippen LogP contribution in [0.1, 0.15) is 37.7 Å². The summed E-state index contributed by atoms with van der Waals surface area (Å²) >= 11 is 0. The standard InChI is InChI=1S/C19H26N4O2/c20-12-17-3-4-19(21-13-17)22-8-1-2-16(14-22)5-9-23(15-24)18-6-10-25-11-7-18/h3-4,13,15-16,18H,1-2,5-11,14H2. The van der Waals surface area contributed by atoms with E-state index in [0.717, 1.165) is 70.8 Å². The van der Waals surface area contributed by atoms with Crippen molar-refractivity contribution in [1.29, 1.82) is 5.26 Å². The van der Waals surface area contributed by atoms with Crippen molar-refractivity contribution in [3.63, 3.8) is 0 Å². The van der Waals surface area contributed by atoms with E-state index in [1.54, 1.807) is 6.20 Å². The van der Waals surface area contributed by atoms with Gasteiger partial charge in [0.15, 0.2) is 0 Å². The van der Waals surface area contributed by atoms with Crippen molar-refractivity contribution in [2.24, 2.45) is 5.92 Å². The molecular formula is C19H26N4O2. The summed E-state index contributed by atoms with van der Waals surface area (Å²) in [6, 6.07) is 6.20. The number of piperidine rings is 1. The van der Waals surface area contributed by atoms with Gasteiger partial charge in [-0.05, 0) is 50.2 Å². The highest BCUT2D eigenvalue weighted by molar-refractivity contribution is 5.47. The molecule has 134 valence electrons. The van der Waals surface area contributed by atoms with E-state index in [0.29, 0.717) is 17.5 Å². The molecule has 3 rings (SSSR count). The molecule has 0 N–H and O–H groups in total. The highest BCUT2D eigenvalue weighted by Crippen LogP contribution is 2.24. The quantitative estimate of drug-likeness (QED) is 0.741. The summed E-state index contributed by atoms with van der Waals surface area (Å²) in [7, 11) is 0. The third-order valence-electron chi connectivity index (χ3n) is 5.31. The summed E-state index contributed by atoms with van der Waals surface area (Å²) in [6.07, 6.45) is 7.92. The smallest absolute Gasteiger partial charge is 0.209 e. The van der Waals surface area contributed by atoms with Crippen molar-refractivity contribution in [3.8, 4) is 6.07 Å². The molecule has 0 aliphatic carbocycles. The first-order valence-electron chi connectivity index (χ1n) is 9.20. The Morgan fingerprint density at radius 2 is 2.20 bits per heavy atom. The van der Waals surface area contributed by atoms with Gasteiger partial charge in [-0.1, -0.05) is 0 Å². The van der Waals surface area contributed by atoms with Crippen LogP contribution in [0.5, 0.6) is 0 Å². The molecule has 2 aliphatic heterocycles. The number of aromatic nitrogens is 1. The Morgan fingerprint density at radius 1 is 1.36 bits per heavy atom. The van der Waals surface area contributed by atoms with Gasteiger partial charge < -0.3 is 14.5 Å². The van der Waals surface area contributed by atoms with Gasteiger partial charge in [0.2, 0.25) is 6.41 Å². The lowest BCUT2D eigenvalue weighted by Gasteiger charge is -2.36. The van der Waals surface area contributed by atoms with Gasteiger partial charge in [-0.15, -0.1) is 0 Å². The Balaban J connectivity index is 1.52. The predicted molar refractivity (Wildman–Crippen MR) is 95.1 cm³/mol. The second-order valence-electron chi connectivity index (χ2n) is 6.95. The molecule has 2 aliphatic rings. The van der Waals surface area contributed by atoms with Crippen molar-refractivity contribution in [2.75, 3.05) is 37.7 Å². The lowest BCUT2D eigenvalue weighted by molar-refractivity contribution is -0.122. The molecule has 6 nitrogen and oxygen atoms in total. The van der Waals surface area contributed by atoms with Crippen LogP contribution in [0.4, 0.5) is 5.82 Å². The zero-order chi connectivity index (χ0) is 17.5. The third kappa shape index (κ3) is 4.70. The maximum atomic E-state index is 11.5. The van der Waals surface area contributed by atoms with Crippen LogP contribution in [-0.2, 0) is 9.53 Å². The molecule has 2 fully saturated rings. The topological polar surface area (TPSA) is 69.5 Å². The molecule has 6 heteroatoms. The van der Waals surface area contributed by atoms with Crippen molar-refractivity contribution in [2.45, 2.75) is 38.1 Å². The second kappa shape index (κ2) is 8.82. The van der Waals surface area contributed by atoms with E-state index in [1.807, 2.05) is 17.0 Å². The van der Waals surface area contributed by atoms with Gasteiger partial charge in [-0.3, -0.25) is 4.79 Å². The number of ether oxygens (including phenoxy) is 1. The summed E-state index contributed by atoms with van der Waals surface area (Å²) in [5, 5.41) is 8.89. The molecule has 1 unspecified atom stereocenters. The van der Waals surface area contributed by atoms with E-state index < -0.39 is 0 Å².